The molecule has 4 rings (SSSR count). The third-order valence-corrected chi connectivity index (χ3v) is 6.13. The first kappa shape index (κ1) is 20.2. The van der Waals surface area contributed by atoms with Crippen LogP contribution in [0, 0.1) is 5.92 Å². The number of ketones is 1. The molecule has 9 heteroatoms. The Morgan fingerprint density at radius 1 is 1.20 bits per heavy atom. The Balaban J connectivity index is 1.31. The van der Waals surface area contributed by atoms with E-state index in [0.29, 0.717) is 35.8 Å². The molecular formula is C21H24N2O7. The summed E-state index contributed by atoms with van der Waals surface area (Å²) in [6, 6.07) is 4.09. The van der Waals surface area contributed by atoms with Gasteiger partial charge in [-0.1, -0.05) is 13.3 Å². The zero-order valence-electron chi connectivity index (χ0n) is 16.8. The maximum Gasteiger partial charge on any atom is 0.326 e. The molecule has 9 nitrogen and oxygen atoms in total. The van der Waals surface area contributed by atoms with Crippen LogP contribution in [0.5, 0.6) is 11.5 Å². The topological polar surface area (TPSA) is 111 Å². The Morgan fingerprint density at radius 3 is 2.67 bits per heavy atom. The number of fused-ring (bicyclic) bond motifs is 1. The third-order valence-electron chi connectivity index (χ3n) is 6.13. The Morgan fingerprint density at radius 2 is 1.93 bits per heavy atom. The average Bonchev–Trinajstić information content (AvgIpc) is 3.31. The zero-order chi connectivity index (χ0) is 21.3. The predicted molar refractivity (Wildman–Crippen MR) is 103 cm³/mol. The minimum atomic E-state index is -0.911. The quantitative estimate of drug-likeness (QED) is 0.429. The van der Waals surface area contributed by atoms with Crippen molar-refractivity contribution in [2.24, 2.45) is 5.92 Å². The van der Waals surface area contributed by atoms with Gasteiger partial charge in [0.05, 0.1) is 0 Å². The van der Waals surface area contributed by atoms with Gasteiger partial charge in [-0.05, 0) is 49.8 Å². The lowest BCUT2D eigenvalue weighted by Gasteiger charge is -2.34. The molecule has 1 saturated carbocycles. The van der Waals surface area contributed by atoms with Crippen LogP contribution < -0.4 is 14.8 Å². The van der Waals surface area contributed by atoms with Crippen molar-refractivity contribution >= 4 is 23.7 Å². The van der Waals surface area contributed by atoms with Crippen molar-refractivity contribution in [3.63, 3.8) is 0 Å². The second-order valence-corrected chi connectivity index (χ2v) is 7.91. The maximum atomic E-state index is 12.8. The largest absolute Gasteiger partial charge is 0.456 e. The Bertz CT molecular complexity index is 889. The van der Waals surface area contributed by atoms with Gasteiger partial charge in [-0.15, -0.1) is 0 Å². The van der Waals surface area contributed by atoms with Gasteiger partial charge >= 0.3 is 12.0 Å². The molecule has 0 aromatic heterocycles. The van der Waals surface area contributed by atoms with Crippen molar-refractivity contribution in [2.75, 3.05) is 19.9 Å². The van der Waals surface area contributed by atoms with Crippen LogP contribution in [0.2, 0.25) is 0 Å². The van der Waals surface area contributed by atoms with Gasteiger partial charge in [0.25, 0.3) is 5.91 Å². The molecule has 3 amide bonds. The molecule has 0 bridgehead atoms. The lowest BCUT2D eigenvalue weighted by Crippen LogP contribution is -2.49. The summed E-state index contributed by atoms with van der Waals surface area (Å²) in [6.07, 6.45) is 3.93. The highest BCUT2D eigenvalue weighted by molar-refractivity contribution is 6.09. The highest BCUT2D eigenvalue weighted by atomic mass is 16.7. The van der Waals surface area contributed by atoms with Crippen molar-refractivity contribution in [3.05, 3.63) is 23.8 Å². The Hall–Kier alpha value is -3.10. The summed E-state index contributed by atoms with van der Waals surface area (Å²) in [5, 5.41) is 2.77. The molecule has 0 atom stereocenters. The number of carbonyl (C=O) groups excluding carboxylic acids is 4. The Kier molecular flexibility index (Phi) is 5.36. The monoisotopic (exact) mass is 416 g/mol. The van der Waals surface area contributed by atoms with Gasteiger partial charge < -0.3 is 19.5 Å². The van der Waals surface area contributed by atoms with Crippen LogP contribution in [0.4, 0.5) is 4.79 Å². The molecule has 0 unspecified atom stereocenters. The second kappa shape index (κ2) is 7.97. The number of nitrogens with zero attached hydrogens (tertiary/aromatic N) is 1. The summed E-state index contributed by atoms with van der Waals surface area (Å²) in [5.74, 6) is -0.0682. The van der Waals surface area contributed by atoms with Crippen molar-refractivity contribution < 1.29 is 33.4 Å². The molecule has 1 saturated heterocycles. The smallest absolute Gasteiger partial charge is 0.326 e. The molecule has 2 heterocycles. The highest BCUT2D eigenvalue weighted by Gasteiger charge is 2.52. The van der Waals surface area contributed by atoms with Gasteiger partial charge in [-0.25, -0.2) is 4.79 Å². The minimum absolute atomic E-state index is 0.0917. The van der Waals surface area contributed by atoms with Gasteiger partial charge in [-0.2, -0.15) is 0 Å². The number of carbonyl (C=O) groups is 4. The zero-order valence-corrected chi connectivity index (χ0v) is 16.8. The molecule has 1 N–H and O–H groups in total. The van der Waals surface area contributed by atoms with Crippen LogP contribution in [-0.2, 0) is 14.3 Å². The number of urea groups is 1. The standard InChI is InChI=1S/C21H24N2O7/c1-2-13-5-7-21(8-6-13)19(26)23(20(27)22-21)10-18(25)28-11-15(24)14-3-4-16-17(9-14)30-12-29-16/h3-4,9,13H,2,5-8,10-12H2,1H3,(H,22,27). The van der Waals surface area contributed by atoms with Crippen LogP contribution in [0.25, 0.3) is 0 Å². The van der Waals surface area contributed by atoms with E-state index in [0.717, 1.165) is 24.2 Å². The van der Waals surface area contributed by atoms with Gasteiger partial charge in [0, 0.05) is 5.56 Å². The van der Waals surface area contributed by atoms with Crippen LogP contribution in [0.15, 0.2) is 18.2 Å². The van der Waals surface area contributed by atoms with E-state index >= 15 is 0 Å². The number of hydrogen-bond acceptors (Lipinski definition) is 7. The molecule has 2 aliphatic heterocycles. The van der Waals surface area contributed by atoms with Gasteiger partial charge in [0.2, 0.25) is 6.79 Å². The number of amides is 3. The minimum Gasteiger partial charge on any atom is -0.456 e. The van der Waals surface area contributed by atoms with Crippen LogP contribution in [0.3, 0.4) is 0 Å². The lowest BCUT2D eigenvalue weighted by molar-refractivity contribution is -0.147. The van der Waals surface area contributed by atoms with Crippen molar-refractivity contribution in [2.45, 2.75) is 44.6 Å². The molecular weight excluding hydrogens is 392 g/mol. The van der Waals surface area contributed by atoms with E-state index in [1.54, 1.807) is 12.1 Å². The summed E-state index contributed by atoms with van der Waals surface area (Å²) in [5.41, 5.74) is -0.598. The molecule has 30 heavy (non-hydrogen) atoms. The van der Waals surface area contributed by atoms with E-state index in [-0.39, 0.29) is 12.7 Å². The summed E-state index contributed by atoms with van der Waals surface area (Å²) < 4.78 is 15.4. The Labute approximate surface area is 173 Å². The number of rotatable bonds is 6. The summed E-state index contributed by atoms with van der Waals surface area (Å²) in [7, 11) is 0. The number of benzene rings is 1. The fourth-order valence-corrected chi connectivity index (χ4v) is 4.21. The molecule has 1 aliphatic carbocycles. The highest BCUT2D eigenvalue weighted by Crippen LogP contribution is 2.37. The van der Waals surface area contributed by atoms with E-state index in [2.05, 4.69) is 12.2 Å². The molecule has 3 aliphatic rings. The van der Waals surface area contributed by atoms with Crippen LogP contribution in [0.1, 0.15) is 49.4 Å². The first-order valence-electron chi connectivity index (χ1n) is 10.1. The van der Waals surface area contributed by atoms with Crippen molar-refractivity contribution in [1.82, 2.24) is 10.2 Å². The molecule has 1 spiro atoms. The van der Waals surface area contributed by atoms with Crippen molar-refractivity contribution in [1.29, 1.82) is 0 Å². The molecule has 1 aromatic carbocycles. The first-order chi connectivity index (χ1) is 14.4. The summed E-state index contributed by atoms with van der Waals surface area (Å²) >= 11 is 0. The fraction of sp³-hybridized carbons (Fsp3) is 0.524. The van der Waals surface area contributed by atoms with Gasteiger partial charge in [-0.3, -0.25) is 19.3 Å². The van der Waals surface area contributed by atoms with E-state index in [4.69, 9.17) is 14.2 Å². The van der Waals surface area contributed by atoms with Crippen molar-refractivity contribution in [3.8, 4) is 11.5 Å². The molecule has 0 radical (unpaired) electrons. The summed E-state index contributed by atoms with van der Waals surface area (Å²) in [6.45, 7) is 1.20. The van der Waals surface area contributed by atoms with Gasteiger partial charge in [0.1, 0.15) is 12.1 Å². The number of esters is 1. The first-order valence-corrected chi connectivity index (χ1v) is 10.1. The lowest BCUT2D eigenvalue weighted by atomic mass is 9.75. The predicted octanol–water partition coefficient (Wildman–Crippen LogP) is 2.03. The average molecular weight is 416 g/mol. The number of nitrogens with one attached hydrogen (secondary N) is 1. The summed E-state index contributed by atoms with van der Waals surface area (Å²) in [4.78, 5) is 50.5. The molecule has 2 fully saturated rings. The maximum absolute atomic E-state index is 12.8. The number of imide groups is 1. The normalized spacial score (nSPS) is 24.8. The van der Waals surface area contributed by atoms with Crippen LogP contribution in [-0.4, -0.2) is 54.1 Å². The van der Waals surface area contributed by atoms with Crippen LogP contribution >= 0.6 is 0 Å². The van der Waals surface area contributed by atoms with E-state index in [1.165, 1.54) is 6.07 Å². The van der Waals surface area contributed by atoms with Gasteiger partial charge in [0.15, 0.2) is 23.9 Å². The number of ether oxygens (including phenoxy) is 3. The molecule has 1 aromatic rings. The van der Waals surface area contributed by atoms with E-state index < -0.39 is 36.5 Å². The van der Waals surface area contributed by atoms with E-state index in [9.17, 15) is 19.2 Å². The van der Waals surface area contributed by atoms with E-state index in [1.807, 2.05) is 0 Å². The second-order valence-electron chi connectivity index (χ2n) is 7.91. The number of Topliss-reactive ketones (excluding diaryl/α,β-unsaturated/α-hetero) is 1. The number of hydrogen-bond donors (Lipinski definition) is 1. The molecule has 160 valence electrons. The SMILES string of the molecule is CCC1CCC2(CC1)NC(=O)N(CC(=O)OCC(=O)c1ccc3c(c1)OCO3)C2=O. The third kappa shape index (κ3) is 3.71. The fourth-order valence-electron chi connectivity index (χ4n) is 4.21.